The molecule has 0 bridgehead atoms. The Hall–Kier alpha value is -4.72. The minimum Gasteiger partial charge on any atom is -0.493 e. The molecule has 3 aromatic carbocycles. The zero-order valence-electron chi connectivity index (χ0n) is 21.1. The van der Waals surface area contributed by atoms with E-state index in [9.17, 15) is 4.79 Å². The van der Waals surface area contributed by atoms with E-state index in [1.54, 1.807) is 36.7 Å². The van der Waals surface area contributed by atoms with E-state index >= 15 is 0 Å². The van der Waals surface area contributed by atoms with Crippen molar-refractivity contribution in [1.29, 1.82) is 0 Å². The van der Waals surface area contributed by atoms with Crippen molar-refractivity contribution < 1.29 is 14.3 Å². The topological polar surface area (TPSA) is 91.2 Å². The number of aromatic nitrogens is 4. The predicted octanol–water partition coefficient (Wildman–Crippen LogP) is 6.18. The highest BCUT2D eigenvalue weighted by atomic mass is 16.5. The fraction of sp³-hybridized carbons (Fsp3) is 0.172. The lowest BCUT2D eigenvalue weighted by Gasteiger charge is -2.14. The smallest absolute Gasteiger partial charge is 0.260 e. The first-order chi connectivity index (χ1) is 17.9. The summed E-state index contributed by atoms with van der Waals surface area (Å²) in [5, 5.41) is 4.79. The van der Waals surface area contributed by atoms with Gasteiger partial charge in [0.1, 0.15) is 29.5 Å². The molecule has 0 aliphatic heterocycles. The average molecular weight is 494 g/mol. The van der Waals surface area contributed by atoms with Crippen molar-refractivity contribution in [3.8, 4) is 23.2 Å². The predicted molar refractivity (Wildman–Crippen MR) is 143 cm³/mol. The van der Waals surface area contributed by atoms with E-state index in [1.165, 1.54) is 0 Å². The van der Waals surface area contributed by atoms with Gasteiger partial charge in [-0.2, -0.15) is 4.98 Å². The number of carbonyl (C=O) groups is 1. The lowest BCUT2D eigenvalue weighted by Crippen LogP contribution is -2.14. The normalized spacial score (nSPS) is 10.9. The maximum absolute atomic E-state index is 13.3. The van der Waals surface area contributed by atoms with Crippen molar-refractivity contribution in [3.63, 3.8) is 0 Å². The van der Waals surface area contributed by atoms with E-state index in [0.29, 0.717) is 46.9 Å². The minimum atomic E-state index is -0.240. The number of rotatable bonds is 7. The molecule has 0 unspecified atom stereocenters. The second-order valence-corrected chi connectivity index (χ2v) is 8.57. The number of ether oxygens (including phenoxy) is 2. The molecule has 1 N–H and O–H groups in total. The van der Waals surface area contributed by atoms with Gasteiger partial charge in [0.05, 0.1) is 17.9 Å². The second kappa shape index (κ2) is 10.1. The molecular weight excluding hydrogens is 466 g/mol. The van der Waals surface area contributed by atoms with Gasteiger partial charge in [-0.05, 0) is 68.8 Å². The quantitative estimate of drug-likeness (QED) is 0.291. The highest BCUT2D eigenvalue weighted by molar-refractivity contribution is 6.15. The largest absolute Gasteiger partial charge is 0.493 e. The summed E-state index contributed by atoms with van der Waals surface area (Å²) in [5.41, 5.74) is 3.09. The first-order valence-corrected chi connectivity index (χ1v) is 12.0. The fourth-order valence-electron chi connectivity index (χ4n) is 4.11. The third-order valence-electron chi connectivity index (χ3n) is 6.05. The van der Waals surface area contributed by atoms with Gasteiger partial charge in [0.15, 0.2) is 0 Å². The highest BCUT2D eigenvalue weighted by Gasteiger charge is 2.17. The van der Waals surface area contributed by atoms with Gasteiger partial charge in [-0.15, -0.1) is 0 Å². The van der Waals surface area contributed by atoms with E-state index in [-0.39, 0.29) is 5.91 Å². The molecule has 2 heterocycles. The lowest BCUT2D eigenvalue weighted by atomic mass is 10.0. The zero-order chi connectivity index (χ0) is 25.9. The van der Waals surface area contributed by atoms with Crippen LogP contribution in [0.5, 0.6) is 17.4 Å². The average Bonchev–Trinajstić information content (AvgIpc) is 3.22. The monoisotopic (exact) mass is 493 g/mol. The number of fused-ring (bicyclic) bond motifs is 1. The van der Waals surface area contributed by atoms with Crippen LogP contribution in [0, 0.1) is 20.8 Å². The molecule has 2 aromatic heterocycles. The van der Waals surface area contributed by atoms with E-state index < -0.39 is 0 Å². The second-order valence-electron chi connectivity index (χ2n) is 8.57. The maximum atomic E-state index is 13.3. The molecular formula is C29H27N5O3. The SMILES string of the molecule is CCOc1ccc2ccccc2c1C(=O)Nc1ccc(Oc2cc(-n3cnc(C)c3C)nc(C)n2)cc1. The molecule has 0 aliphatic rings. The zero-order valence-corrected chi connectivity index (χ0v) is 21.1. The Morgan fingerprint density at radius 3 is 2.49 bits per heavy atom. The third kappa shape index (κ3) is 4.99. The van der Waals surface area contributed by atoms with Crippen LogP contribution in [0.1, 0.15) is 34.5 Å². The lowest BCUT2D eigenvalue weighted by molar-refractivity contribution is 0.102. The standard InChI is InChI=1S/C29H27N5O3/c1-5-36-25-15-10-21-8-6-7-9-24(21)28(25)29(35)33-22-11-13-23(14-12-22)37-27-16-26(31-20(4)32-27)34-17-30-18(2)19(34)3/h6-17H,5H2,1-4H3,(H,33,35). The minimum absolute atomic E-state index is 0.240. The van der Waals surface area contributed by atoms with Crippen LogP contribution in [0.3, 0.4) is 0 Å². The van der Waals surface area contributed by atoms with Gasteiger partial charge in [-0.25, -0.2) is 9.97 Å². The van der Waals surface area contributed by atoms with E-state index in [2.05, 4.69) is 20.3 Å². The Labute approximate surface area is 214 Å². The number of amides is 1. The summed E-state index contributed by atoms with van der Waals surface area (Å²) in [6.45, 7) is 8.13. The number of anilines is 1. The van der Waals surface area contributed by atoms with Gasteiger partial charge in [0, 0.05) is 17.4 Å². The summed E-state index contributed by atoms with van der Waals surface area (Å²) >= 11 is 0. The van der Waals surface area contributed by atoms with Crippen LogP contribution in [0.4, 0.5) is 5.69 Å². The summed E-state index contributed by atoms with van der Waals surface area (Å²) in [4.78, 5) is 26.6. The highest BCUT2D eigenvalue weighted by Crippen LogP contribution is 2.30. The third-order valence-corrected chi connectivity index (χ3v) is 6.05. The maximum Gasteiger partial charge on any atom is 0.260 e. The van der Waals surface area contributed by atoms with Crippen LogP contribution in [0.15, 0.2) is 73.1 Å². The molecule has 0 spiro atoms. The molecule has 1 amide bonds. The van der Waals surface area contributed by atoms with E-state index in [0.717, 1.165) is 22.2 Å². The van der Waals surface area contributed by atoms with Gasteiger partial charge in [0.2, 0.25) is 5.88 Å². The Balaban J connectivity index is 1.36. The molecule has 0 radical (unpaired) electrons. The Kier molecular flexibility index (Phi) is 6.55. The van der Waals surface area contributed by atoms with Crippen molar-refractivity contribution in [1.82, 2.24) is 19.5 Å². The molecule has 0 saturated heterocycles. The van der Waals surface area contributed by atoms with Gasteiger partial charge >= 0.3 is 0 Å². The summed E-state index contributed by atoms with van der Waals surface area (Å²) in [6, 6.07) is 20.5. The Morgan fingerprint density at radius 2 is 1.76 bits per heavy atom. The van der Waals surface area contributed by atoms with Crippen LogP contribution < -0.4 is 14.8 Å². The molecule has 0 fully saturated rings. The van der Waals surface area contributed by atoms with Crippen molar-refractivity contribution >= 4 is 22.4 Å². The van der Waals surface area contributed by atoms with Gasteiger partial charge in [-0.1, -0.05) is 30.3 Å². The van der Waals surface area contributed by atoms with Crippen molar-refractivity contribution in [2.45, 2.75) is 27.7 Å². The van der Waals surface area contributed by atoms with Crippen LogP contribution in [0.2, 0.25) is 0 Å². The molecule has 37 heavy (non-hydrogen) atoms. The van der Waals surface area contributed by atoms with Gasteiger partial charge in [0.25, 0.3) is 5.91 Å². The fourth-order valence-corrected chi connectivity index (χ4v) is 4.11. The van der Waals surface area contributed by atoms with E-state index in [4.69, 9.17) is 9.47 Å². The molecule has 0 atom stereocenters. The number of nitrogens with one attached hydrogen (secondary N) is 1. The number of benzene rings is 3. The van der Waals surface area contributed by atoms with Gasteiger partial charge in [-0.3, -0.25) is 9.36 Å². The number of nitrogens with zero attached hydrogens (tertiary/aromatic N) is 4. The van der Waals surface area contributed by atoms with Crippen molar-refractivity contribution in [2.24, 2.45) is 0 Å². The Morgan fingerprint density at radius 1 is 0.973 bits per heavy atom. The number of imidazole rings is 1. The Bertz CT molecular complexity index is 1590. The van der Waals surface area contributed by atoms with Crippen molar-refractivity contribution in [2.75, 3.05) is 11.9 Å². The molecule has 8 nitrogen and oxygen atoms in total. The molecule has 5 rings (SSSR count). The summed E-state index contributed by atoms with van der Waals surface area (Å²) in [7, 11) is 0. The first kappa shape index (κ1) is 24.0. The summed E-state index contributed by atoms with van der Waals surface area (Å²) in [6.07, 6.45) is 1.74. The first-order valence-electron chi connectivity index (χ1n) is 12.0. The van der Waals surface area contributed by atoms with Crippen LogP contribution >= 0.6 is 0 Å². The van der Waals surface area contributed by atoms with Gasteiger partial charge < -0.3 is 14.8 Å². The number of hydrogen-bond donors (Lipinski definition) is 1. The van der Waals surface area contributed by atoms with Crippen LogP contribution in [-0.2, 0) is 0 Å². The number of hydrogen-bond acceptors (Lipinski definition) is 6. The molecule has 0 saturated carbocycles. The van der Waals surface area contributed by atoms with Crippen LogP contribution in [-0.4, -0.2) is 32.0 Å². The van der Waals surface area contributed by atoms with Crippen LogP contribution in [0.25, 0.3) is 16.6 Å². The summed E-state index contributed by atoms with van der Waals surface area (Å²) in [5.74, 6) is 2.59. The number of carbonyl (C=O) groups excluding carboxylic acids is 1. The summed E-state index contributed by atoms with van der Waals surface area (Å²) < 4.78 is 13.7. The molecule has 186 valence electrons. The molecule has 8 heteroatoms. The molecule has 5 aromatic rings. The molecule has 0 aliphatic carbocycles. The number of aryl methyl sites for hydroxylation is 2. The van der Waals surface area contributed by atoms with Crippen molar-refractivity contribution in [3.05, 3.63) is 95.8 Å². The van der Waals surface area contributed by atoms with E-state index in [1.807, 2.05) is 68.7 Å².